The lowest BCUT2D eigenvalue weighted by Gasteiger charge is -2.24. The van der Waals surface area contributed by atoms with E-state index in [2.05, 4.69) is 5.32 Å². The van der Waals surface area contributed by atoms with Crippen LogP contribution < -0.4 is 14.8 Å². The number of ether oxygens (including phenoxy) is 3. The molecule has 2 unspecified atom stereocenters. The molecule has 4 heteroatoms. The van der Waals surface area contributed by atoms with E-state index in [-0.39, 0.29) is 12.1 Å². The van der Waals surface area contributed by atoms with Crippen molar-refractivity contribution in [2.24, 2.45) is 0 Å². The van der Waals surface area contributed by atoms with E-state index in [0.29, 0.717) is 0 Å². The first-order valence-electron chi connectivity index (χ1n) is 6.31. The highest BCUT2D eigenvalue weighted by Gasteiger charge is 2.28. The number of benzene rings is 1. The molecule has 0 radical (unpaired) electrons. The molecular formula is C14H21NO3. The molecule has 0 amide bonds. The summed E-state index contributed by atoms with van der Waals surface area (Å²) in [7, 11) is 5.29. The third kappa shape index (κ3) is 2.60. The van der Waals surface area contributed by atoms with Gasteiger partial charge in [-0.25, -0.2) is 0 Å². The summed E-state index contributed by atoms with van der Waals surface area (Å²) in [6.45, 7) is 0.849. The largest absolute Gasteiger partial charge is 0.497 e. The molecule has 1 fully saturated rings. The van der Waals surface area contributed by atoms with E-state index >= 15 is 0 Å². The topological polar surface area (TPSA) is 39.7 Å². The second-order valence-electron chi connectivity index (χ2n) is 4.43. The Balaban J connectivity index is 2.28. The summed E-state index contributed by atoms with van der Waals surface area (Å²) in [5, 5.41) is 3.33. The minimum Gasteiger partial charge on any atom is -0.497 e. The zero-order chi connectivity index (χ0) is 13.0. The molecule has 2 atom stereocenters. The van der Waals surface area contributed by atoms with Crippen LogP contribution in [0.25, 0.3) is 0 Å². The Morgan fingerprint density at radius 2 is 2.17 bits per heavy atom. The van der Waals surface area contributed by atoms with Gasteiger partial charge in [0.25, 0.3) is 0 Å². The summed E-state index contributed by atoms with van der Waals surface area (Å²) >= 11 is 0. The van der Waals surface area contributed by atoms with Crippen molar-refractivity contribution in [1.82, 2.24) is 5.32 Å². The third-order valence-corrected chi connectivity index (χ3v) is 3.42. The molecule has 1 aromatic rings. The SMILES string of the molecule is CNC(c1ccc(OC)cc1OC)C1CCCO1. The van der Waals surface area contributed by atoms with E-state index in [4.69, 9.17) is 14.2 Å². The first kappa shape index (κ1) is 13.2. The fourth-order valence-electron chi connectivity index (χ4n) is 2.48. The molecule has 1 saturated heterocycles. The lowest BCUT2D eigenvalue weighted by atomic mass is 9.98. The fraction of sp³-hybridized carbons (Fsp3) is 0.571. The van der Waals surface area contributed by atoms with Gasteiger partial charge in [0.15, 0.2) is 0 Å². The summed E-state index contributed by atoms with van der Waals surface area (Å²) < 4.78 is 16.4. The van der Waals surface area contributed by atoms with Gasteiger partial charge < -0.3 is 19.5 Å². The lowest BCUT2D eigenvalue weighted by molar-refractivity contribution is 0.0799. The van der Waals surface area contributed by atoms with Crippen LogP contribution in [0.5, 0.6) is 11.5 Å². The van der Waals surface area contributed by atoms with E-state index in [1.165, 1.54) is 0 Å². The fourth-order valence-corrected chi connectivity index (χ4v) is 2.48. The van der Waals surface area contributed by atoms with Gasteiger partial charge >= 0.3 is 0 Å². The van der Waals surface area contributed by atoms with Crippen molar-refractivity contribution in [1.29, 1.82) is 0 Å². The van der Waals surface area contributed by atoms with Crippen LogP contribution in [0.3, 0.4) is 0 Å². The quantitative estimate of drug-likeness (QED) is 0.870. The van der Waals surface area contributed by atoms with Crippen molar-refractivity contribution < 1.29 is 14.2 Å². The molecule has 1 aromatic carbocycles. The Kier molecular flexibility index (Phi) is 4.44. The molecule has 1 aliphatic rings. The number of hydrogen-bond acceptors (Lipinski definition) is 4. The molecule has 0 aliphatic carbocycles. The van der Waals surface area contributed by atoms with Gasteiger partial charge in [-0.2, -0.15) is 0 Å². The van der Waals surface area contributed by atoms with Crippen molar-refractivity contribution in [3.63, 3.8) is 0 Å². The summed E-state index contributed by atoms with van der Waals surface area (Å²) in [4.78, 5) is 0. The van der Waals surface area contributed by atoms with Crippen molar-refractivity contribution in [3.8, 4) is 11.5 Å². The monoisotopic (exact) mass is 251 g/mol. The summed E-state index contributed by atoms with van der Waals surface area (Å²) in [6, 6.07) is 6.07. The Labute approximate surface area is 108 Å². The van der Waals surface area contributed by atoms with E-state index < -0.39 is 0 Å². The molecule has 1 N–H and O–H groups in total. The first-order valence-corrected chi connectivity index (χ1v) is 6.31. The van der Waals surface area contributed by atoms with Crippen LogP contribution in [0.4, 0.5) is 0 Å². The average molecular weight is 251 g/mol. The highest BCUT2D eigenvalue weighted by atomic mass is 16.5. The number of rotatable bonds is 5. The van der Waals surface area contributed by atoms with Crippen LogP contribution in [-0.4, -0.2) is 34.0 Å². The van der Waals surface area contributed by atoms with Gasteiger partial charge in [0.05, 0.1) is 26.4 Å². The number of likely N-dealkylation sites (N-methyl/N-ethyl adjacent to an activating group) is 1. The van der Waals surface area contributed by atoms with Crippen molar-refractivity contribution in [2.75, 3.05) is 27.9 Å². The molecule has 18 heavy (non-hydrogen) atoms. The Morgan fingerprint density at radius 3 is 2.72 bits per heavy atom. The molecule has 0 bridgehead atoms. The number of methoxy groups -OCH3 is 2. The van der Waals surface area contributed by atoms with Gasteiger partial charge in [0.1, 0.15) is 11.5 Å². The molecule has 1 heterocycles. The smallest absolute Gasteiger partial charge is 0.127 e. The maximum absolute atomic E-state index is 5.77. The van der Waals surface area contributed by atoms with Gasteiger partial charge in [-0.3, -0.25) is 0 Å². The molecule has 0 spiro atoms. The van der Waals surface area contributed by atoms with Gasteiger partial charge in [-0.05, 0) is 32.0 Å². The Bertz CT molecular complexity index is 389. The van der Waals surface area contributed by atoms with E-state index in [0.717, 1.165) is 36.5 Å². The average Bonchev–Trinajstić information content (AvgIpc) is 2.94. The molecule has 0 aromatic heterocycles. The van der Waals surface area contributed by atoms with E-state index in [1.54, 1.807) is 14.2 Å². The highest BCUT2D eigenvalue weighted by Crippen LogP contribution is 2.34. The molecular weight excluding hydrogens is 230 g/mol. The predicted octanol–water partition coefficient (Wildman–Crippen LogP) is 2.14. The maximum Gasteiger partial charge on any atom is 0.127 e. The standard InChI is InChI=1S/C14H21NO3/c1-15-14(12-5-4-8-18-12)11-7-6-10(16-2)9-13(11)17-3/h6-7,9,12,14-15H,4-5,8H2,1-3H3. The Hall–Kier alpha value is -1.26. The summed E-state index contributed by atoms with van der Waals surface area (Å²) in [5.41, 5.74) is 1.12. The molecule has 0 saturated carbocycles. The molecule has 1 aliphatic heterocycles. The minimum absolute atomic E-state index is 0.161. The van der Waals surface area contributed by atoms with Crippen LogP contribution in [0.1, 0.15) is 24.4 Å². The zero-order valence-corrected chi connectivity index (χ0v) is 11.2. The van der Waals surface area contributed by atoms with Gasteiger partial charge in [0.2, 0.25) is 0 Å². The first-order chi connectivity index (χ1) is 8.80. The predicted molar refractivity (Wildman–Crippen MR) is 70.3 cm³/mol. The van der Waals surface area contributed by atoms with Crippen molar-refractivity contribution >= 4 is 0 Å². The number of nitrogens with one attached hydrogen (secondary N) is 1. The number of hydrogen-bond donors (Lipinski definition) is 1. The third-order valence-electron chi connectivity index (χ3n) is 3.42. The molecule has 4 nitrogen and oxygen atoms in total. The van der Waals surface area contributed by atoms with Gasteiger partial charge in [-0.1, -0.05) is 0 Å². The highest BCUT2D eigenvalue weighted by molar-refractivity contribution is 5.43. The molecule has 100 valence electrons. The van der Waals surface area contributed by atoms with E-state index in [9.17, 15) is 0 Å². The van der Waals surface area contributed by atoms with Crippen molar-refractivity contribution in [2.45, 2.75) is 25.0 Å². The van der Waals surface area contributed by atoms with Crippen LogP contribution >= 0.6 is 0 Å². The van der Waals surface area contributed by atoms with Gasteiger partial charge in [0, 0.05) is 18.2 Å². The second kappa shape index (κ2) is 6.07. The van der Waals surface area contributed by atoms with Crippen LogP contribution in [0, 0.1) is 0 Å². The van der Waals surface area contributed by atoms with E-state index in [1.807, 2.05) is 25.2 Å². The normalized spacial score (nSPS) is 20.7. The lowest BCUT2D eigenvalue weighted by Crippen LogP contribution is -2.29. The van der Waals surface area contributed by atoms with Crippen LogP contribution in [0.15, 0.2) is 18.2 Å². The zero-order valence-electron chi connectivity index (χ0n) is 11.2. The van der Waals surface area contributed by atoms with Crippen molar-refractivity contribution in [3.05, 3.63) is 23.8 Å². The van der Waals surface area contributed by atoms with Crippen LogP contribution in [0.2, 0.25) is 0 Å². The maximum atomic E-state index is 5.77. The van der Waals surface area contributed by atoms with Crippen LogP contribution in [-0.2, 0) is 4.74 Å². The van der Waals surface area contributed by atoms with Gasteiger partial charge in [-0.15, -0.1) is 0 Å². The molecule has 2 rings (SSSR count). The summed E-state index contributed by atoms with van der Waals surface area (Å²) in [5.74, 6) is 1.64. The summed E-state index contributed by atoms with van der Waals surface area (Å²) in [6.07, 6.45) is 2.43. The Morgan fingerprint density at radius 1 is 1.33 bits per heavy atom. The second-order valence-corrected chi connectivity index (χ2v) is 4.43. The minimum atomic E-state index is 0.161.